The van der Waals surface area contributed by atoms with Crippen LogP contribution < -0.4 is 15.8 Å². The van der Waals surface area contributed by atoms with E-state index >= 15 is 0 Å². The van der Waals surface area contributed by atoms with Crippen molar-refractivity contribution >= 4 is 23.2 Å². The second-order valence-corrected chi connectivity index (χ2v) is 7.53. The molecule has 0 bridgehead atoms. The monoisotopic (exact) mass is 446 g/mol. The fraction of sp³-hybridized carbons (Fsp3) is 0.125. The number of rotatable bonds is 7. The first-order valence-electron chi connectivity index (χ1n) is 10.0. The molecule has 162 valence electrons. The Morgan fingerprint density at radius 1 is 1.12 bits per heavy atom. The predicted molar refractivity (Wildman–Crippen MR) is 128 cm³/mol. The third-order valence-electron chi connectivity index (χ3n) is 4.94. The molecule has 0 atom stereocenters. The number of anilines is 1. The lowest BCUT2D eigenvalue weighted by Crippen LogP contribution is -2.22. The first-order chi connectivity index (χ1) is 15.6. The lowest BCUT2D eigenvalue weighted by molar-refractivity contribution is 0.415. The van der Waals surface area contributed by atoms with Gasteiger partial charge in [0.25, 0.3) is 0 Å². The predicted octanol–water partition coefficient (Wildman–Crippen LogP) is 4.58. The highest BCUT2D eigenvalue weighted by atomic mass is 35.5. The van der Waals surface area contributed by atoms with E-state index in [0.717, 1.165) is 27.9 Å². The second kappa shape index (κ2) is 9.98. The minimum absolute atomic E-state index is 0.309. The van der Waals surface area contributed by atoms with Gasteiger partial charge in [0, 0.05) is 5.69 Å². The van der Waals surface area contributed by atoms with E-state index in [1.54, 1.807) is 30.3 Å². The Hall–Kier alpha value is -3.84. The van der Waals surface area contributed by atoms with E-state index in [-0.39, 0.29) is 0 Å². The van der Waals surface area contributed by atoms with E-state index in [1.807, 2.05) is 18.2 Å². The standard InChI is InChI=1S/C24H23ClN6O/c1-32-23-11-10-20(12-22(23)25)30-24(26)28-13-19-4-2-3-5-21(19)18-8-6-17(7-9-18)14-31-16-27-15-29-31/h2-12,15-16H,13-14H2,1H3,(H3,26,28,30). The third-order valence-corrected chi connectivity index (χ3v) is 5.23. The van der Waals surface area contributed by atoms with Crippen LogP contribution >= 0.6 is 11.6 Å². The highest BCUT2D eigenvalue weighted by molar-refractivity contribution is 6.32. The van der Waals surface area contributed by atoms with Gasteiger partial charge in [-0.1, -0.05) is 60.1 Å². The molecular formula is C24H23ClN6O. The molecule has 0 aliphatic carbocycles. The molecule has 4 aromatic rings. The number of hydrogen-bond donors (Lipinski definition) is 2. The van der Waals surface area contributed by atoms with Crippen LogP contribution in [0.25, 0.3) is 11.1 Å². The summed E-state index contributed by atoms with van der Waals surface area (Å²) in [6.45, 7) is 1.13. The lowest BCUT2D eigenvalue weighted by atomic mass is 9.98. The first-order valence-corrected chi connectivity index (χ1v) is 10.4. The molecule has 0 saturated heterocycles. The van der Waals surface area contributed by atoms with Crippen LogP contribution in [0.5, 0.6) is 5.75 Å². The average molecular weight is 447 g/mol. The van der Waals surface area contributed by atoms with Crippen LogP contribution in [0.2, 0.25) is 5.02 Å². The summed E-state index contributed by atoms with van der Waals surface area (Å²) in [4.78, 5) is 8.49. The van der Waals surface area contributed by atoms with Crippen LogP contribution in [0, 0.1) is 0 Å². The summed E-state index contributed by atoms with van der Waals surface area (Å²) in [7, 11) is 1.58. The Balaban J connectivity index is 1.46. The normalized spacial score (nSPS) is 11.4. The molecule has 0 unspecified atom stereocenters. The van der Waals surface area contributed by atoms with Gasteiger partial charge in [-0.2, -0.15) is 5.10 Å². The smallest absolute Gasteiger partial charge is 0.193 e. The van der Waals surface area contributed by atoms with Gasteiger partial charge < -0.3 is 15.8 Å². The zero-order valence-corrected chi connectivity index (χ0v) is 18.3. The molecular weight excluding hydrogens is 424 g/mol. The molecule has 32 heavy (non-hydrogen) atoms. The molecule has 0 aliphatic heterocycles. The summed E-state index contributed by atoms with van der Waals surface area (Å²) in [5.74, 6) is 0.915. The van der Waals surface area contributed by atoms with Crippen molar-refractivity contribution in [2.45, 2.75) is 13.1 Å². The summed E-state index contributed by atoms with van der Waals surface area (Å²) in [5, 5.41) is 7.72. The molecule has 3 N–H and O–H groups in total. The van der Waals surface area contributed by atoms with Crippen LogP contribution in [-0.2, 0) is 13.1 Å². The lowest BCUT2D eigenvalue weighted by Gasteiger charge is -2.11. The highest BCUT2D eigenvalue weighted by Gasteiger charge is 2.06. The van der Waals surface area contributed by atoms with Crippen molar-refractivity contribution in [1.29, 1.82) is 0 Å². The SMILES string of the molecule is COc1ccc(NC(N)=NCc2ccccc2-c2ccc(Cn3cncn3)cc2)cc1Cl. The molecule has 4 rings (SSSR count). The van der Waals surface area contributed by atoms with Crippen LogP contribution in [0.3, 0.4) is 0 Å². The molecule has 8 heteroatoms. The van der Waals surface area contributed by atoms with Gasteiger partial charge in [-0.25, -0.2) is 14.7 Å². The number of hydrogen-bond acceptors (Lipinski definition) is 4. The number of aromatic nitrogens is 3. The van der Waals surface area contributed by atoms with E-state index in [0.29, 0.717) is 29.8 Å². The van der Waals surface area contributed by atoms with Crippen LogP contribution in [0.4, 0.5) is 5.69 Å². The third kappa shape index (κ3) is 5.25. The number of aliphatic imine (C=N–C) groups is 1. The van der Waals surface area contributed by atoms with E-state index in [1.165, 1.54) is 6.33 Å². The Kier molecular flexibility index (Phi) is 6.67. The van der Waals surface area contributed by atoms with Crippen molar-refractivity contribution in [3.8, 4) is 16.9 Å². The number of nitrogens with one attached hydrogen (secondary N) is 1. The maximum Gasteiger partial charge on any atom is 0.193 e. The Bertz CT molecular complexity index is 1210. The van der Waals surface area contributed by atoms with E-state index in [9.17, 15) is 0 Å². The van der Waals surface area contributed by atoms with Gasteiger partial charge in [-0.15, -0.1) is 0 Å². The molecule has 0 saturated carbocycles. The van der Waals surface area contributed by atoms with Crippen molar-refractivity contribution < 1.29 is 4.74 Å². The largest absolute Gasteiger partial charge is 0.495 e. The van der Waals surface area contributed by atoms with Crippen LogP contribution in [0.15, 0.2) is 84.4 Å². The van der Waals surface area contributed by atoms with Gasteiger partial charge >= 0.3 is 0 Å². The molecule has 1 heterocycles. The summed E-state index contributed by atoms with van der Waals surface area (Å²) >= 11 is 6.17. The summed E-state index contributed by atoms with van der Waals surface area (Å²) in [6.07, 6.45) is 3.24. The van der Waals surface area contributed by atoms with Crippen LogP contribution in [-0.4, -0.2) is 27.8 Å². The van der Waals surface area contributed by atoms with E-state index in [2.05, 4.69) is 56.8 Å². The molecule has 0 radical (unpaired) electrons. The number of halogens is 1. The average Bonchev–Trinajstić information content (AvgIpc) is 3.32. The maximum atomic E-state index is 6.17. The molecule has 1 aromatic heterocycles. The highest BCUT2D eigenvalue weighted by Crippen LogP contribution is 2.27. The minimum atomic E-state index is 0.309. The molecule has 0 aliphatic rings. The van der Waals surface area contributed by atoms with E-state index < -0.39 is 0 Å². The van der Waals surface area contributed by atoms with Gasteiger partial charge in [0.15, 0.2) is 5.96 Å². The summed E-state index contributed by atoms with van der Waals surface area (Å²) in [6, 6.07) is 21.9. The van der Waals surface area contributed by atoms with Crippen LogP contribution in [0.1, 0.15) is 11.1 Å². The number of methoxy groups -OCH3 is 1. The zero-order valence-electron chi connectivity index (χ0n) is 17.6. The Morgan fingerprint density at radius 2 is 1.94 bits per heavy atom. The number of guanidine groups is 1. The van der Waals surface area contributed by atoms with Gasteiger partial charge in [0.05, 0.1) is 25.2 Å². The second-order valence-electron chi connectivity index (χ2n) is 7.12. The van der Waals surface area contributed by atoms with Crippen molar-refractivity contribution in [3.05, 3.63) is 95.5 Å². The van der Waals surface area contributed by atoms with Crippen molar-refractivity contribution in [1.82, 2.24) is 14.8 Å². The number of benzene rings is 3. The fourth-order valence-electron chi connectivity index (χ4n) is 3.33. The molecule has 3 aromatic carbocycles. The number of ether oxygens (including phenoxy) is 1. The number of nitrogens with zero attached hydrogens (tertiary/aromatic N) is 4. The first kappa shape index (κ1) is 21.4. The minimum Gasteiger partial charge on any atom is -0.495 e. The maximum absolute atomic E-state index is 6.17. The fourth-order valence-corrected chi connectivity index (χ4v) is 3.59. The quantitative estimate of drug-likeness (QED) is 0.320. The zero-order chi connectivity index (χ0) is 22.3. The van der Waals surface area contributed by atoms with Crippen molar-refractivity contribution in [3.63, 3.8) is 0 Å². The van der Waals surface area contributed by atoms with E-state index in [4.69, 9.17) is 22.1 Å². The molecule has 0 spiro atoms. The van der Waals surface area contributed by atoms with Gasteiger partial charge in [-0.3, -0.25) is 0 Å². The topological polar surface area (TPSA) is 90.3 Å². The summed E-state index contributed by atoms with van der Waals surface area (Å²) in [5.41, 5.74) is 11.3. The van der Waals surface area contributed by atoms with Crippen molar-refractivity contribution in [2.24, 2.45) is 10.7 Å². The van der Waals surface area contributed by atoms with Gasteiger partial charge in [-0.05, 0) is 40.5 Å². The van der Waals surface area contributed by atoms with Gasteiger partial charge in [0.2, 0.25) is 0 Å². The molecule has 0 amide bonds. The van der Waals surface area contributed by atoms with Gasteiger partial charge in [0.1, 0.15) is 18.4 Å². The number of nitrogens with two attached hydrogens (primary N) is 1. The molecule has 0 fully saturated rings. The molecule has 7 nitrogen and oxygen atoms in total. The Labute approximate surface area is 191 Å². The Morgan fingerprint density at radius 3 is 2.66 bits per heavy atom. The van der Waals surface area contributed by atoms with Crippen molar-refractivity contribution in [2.75, 3.05) is 12.4 Å². The summed E-state index contributed by atoms with van der Waals surface area (Å²) < 4.78 is 6.97.